The molecule has 18 heavy (non-hydrogen) atoms. The van der Waals surface area contributed by atoms with Crippen LogP contribution in [-0.4, -0.2) is 5.11 Å². The van der Waals surface area contributed by atoms with Crippen molar-refractivity contribution in [1.29, 1.82) is 0 Å². The van der Waals surface area contributed by atoms with E-state index in [-0.39, 0.29) is 5.82 Å². The molecule has 96 valence electrons. The van der Waals surface area contributed by atoms with E-state index in [4.69, 9.17) is 0 Å². The van der Waals surface area contributed by atoms with E-state index in [2.05, 4.69) is 47.8 Å². The van der Waals surface area contributed by atoms with Crippen LogP contribution in [0.15, 0.2) is 36.3 Å². The summed E-state index contributed by atoms with van der Waals surface area (Å²) in [7, 11) is 0. The molecule has 1 heterocycles. The molecular formula is C12H8Br3FOS. The fourth-order valence-electron chi connectivity index (χ4n) is 1.64. The molecular weight excluding hydrogens is 451 g/mol. The van der Waals surface area contributed by atoms with E-state index in [0.717, 1.165) is 18.7 Å². The Morgan fingerprint density at radius 1 is 1.17 bits per heavy atom. The van der Waals surface area contributed by atoms with Crippen molar-refractivity contribution < 1.29 is 9.50 Å². The Balaban J connectivity index is 2.20. The summed E-state index contributed by atoms with van der Waals surface area (Å²) in [6.45, 7) is 0. The van der Waals surface area contributed by atoms with Gasteiger partial charge in [-0.3, -0.25) is 0 Å². The summed E-state index contributed by atoms with van der Waals surface area (Å²) in [5, 5.41) is 10.2. The van der Waals surface area contributed by atoms with Crippen LogP contribution in [0.2, 0.25) is 0 Å². The Labute approximate surface area is 133 Å². The van der Waals surface area contributed by atoms with E-state index in [1.54, 1.807) is 0 Å². The molecule has 0 saturated heterocycles. The number of hydrogen-bond acceptors (Lipinski definition) is 2. The van der Waals surface area contributed by atoms with Gasteiger partial charge in [-0.1, -0.05) is 15.9 Å². The minimum Gasteiger partial charge on any atom is -0.388 e. The van der Waals surface area contributed by atoms with Gasteiger partial charge in [0, 0.05) is 16.5 Å². The Morgan fingerprint density at radius 2 is 1.89 bits per heavy atom. The monoisotopic (exact) mass is 456 g/mol. The van der Waals surface area contributed by atoms with Crippen LogP contribution in [-0.2, 0) is 6.42 Å². The van der Waals surface area contributed by atoms with Crippen molar-refractivity contribution in [2.45, 2.75) is 12.5 Å². The Hall–Kier alpha value is 0.250. The third kappa shape index (κ3) is 3.63. The van der Waals surface area contributed by atoms with Crippen LogP contribution in [0.1, 0.15) is 17.2 Å². The summed E-state index contributed by atoms with van der Waals surface area (Å²) in [5.74, 6) is -0.308. The number of halogens is 4. The molecule has 0 spiro atoms. The highest BCUT2D eigenvalue weighted by Gasteiger charge is 2.15. The molecule has 1 atom stereocenters. The van der Waals surface area contributed by atoms with Crippen LogP contribution in [0.4, 0.5) is 4.39 Å². The average Bonchev–Trinajstić information content (AvgIpc) is 2.56. The van der Waals surface area contributed by atoms with Crippen molar-refractivity contribution >= 4 is 59.1 Å². The lowest BCUT2D eigenvalue weighted by Gasteiger charge is -2.10. The summed E-state index contributed by atoms with van der Waals surface area (Å²) < 4.78 is 15.7. The molecule has 6 heteroatoms. The molecule has 0 amide bonds. The first-order chi connectivity index (χ1) is 8.45. The molecule has 0 fully saturated rings. The van der Waals surface area contributed by atoms with Crippen molar-refractivity contribution in [3.8, 4) is 0 Å². The second kappa shape index (κ2) is 6.13. The third-order valence-corrected chi connectivity index (χ3v) is 5.24. The lowest BCUT2D eigenvalue weighted by molar-refractivity contribution is 0.178. The third-order valence-electron chi connectivity index (χ3n) is 2.39. The number of rotatable bonds is 3. The normalized spacial score (nSPS) is 12.7. The smallest absolute Gasteiger partial charge is 0.124 e. The molecule has 1 aromatic heterocycles. The highest BCUT2D eigenvalue weighted by atomic mass is 79.9. The topological polar surface area (TPSA) is 20.2 Å². The van der Waals surface area contributed by atoms with Crippen LogP contribution in [0, 0.1) is 5.82 Å². The standard InChI is InChI=1S/C12H8Br3FOS/c13-7-1-6(2-8(16)4-7)3-10(17)9-5-11(14)18-12(9)15/h1-2,4-5,10,17H,3H2. The van der Waals surface area contributed by atoms with Gasteiger partial charge in [-0.15, -0.1) is 11.3 Å². The molecule has 1 unspecified atom stereocenters. The van der Waals surface area contributed by atoms with E-state index < -0.39 is 6.10 Å². The zero-order valence-electron chi connectivity index (χ0n) is 8.96. The highest BCUT2D eigenvalue weighted by molar-refractivity contribution is 9.12. The van der Waals surface area contributed by atoms with Gasteiger partial charge in [-0.25, -0.2) is 4.39 Å². The summed E-state index contributed by atoms with van der Waals surface area (Å²) in [6.07, 6.45) is -0.284. The van der Waals surface area contributed by atoms with Crippen LogP contribution in [0.3, 0.4) is 0 Å². The Bertz CT molecular complexity index is 550. The van der Waals surface area contributed by atoms with E-state index in [1.807, 2.05) is 12.1 Å². The van der Waals surface area contributed by atoms with Gasteiger partial charge >= 0.3 is 0 Å². The SMILES string of the molecule is OC(Cc1cc(F)cc(Br)c1)c1cc(Br)sc1Br. The fraction of sp³-hybridized carbons (Fsp3) is 0.167. The van der Waals surface area contributed by atoms with Crippen molar-refractivity contribution in [3.05, 3.63) is 53.3 Å². The van der Waals surface area contributed by atoms with Crippen LogP contribution in [0.25, 0.3) is 0 Å². The van der Waals surface area contributed by atoms with Gasteiger partial charge in [0.15, 0.2) is 0 Å². The predicted molar refractivity (Wildman–Crippen MR) is 82.5 cm³/mol. The first kappa shape index (κ1) is 14.7. The lowest BCUT2D eigenvalue weighted by atomic mass is 10.0. The fourth-order valence-corrected chi connectivity index (χ4v) is 5.11. The number of benzene rings is 1. The van der Waals surface area contributed by atoms with E-state index in [0.29, 0.717) is 10.9 Å². The second-order valence-corrected chi connectivity index (χ2v) is 8.44. The van der Waals surface area contributed by atoms with Gasteiger partial charge in [0.1, 0.15) is 5.82 Å². The largest absolute Gasteiger partial charge is 0.388 e. The molecule has 1 nitrogen and oxygen atoms in total. The minimum atomic E-state index is -0.657. The van der Waals surface area contributed by atoms with Crippen molar-refractivity contribution in [2.24, 2.45) is 0 Å². The Morgan fingerprint density at radius 3 is 2.44 bits per heavy atom. The number of hydrogen-bond donors (Lipinski definition) is 1. The molecule has 2 rings (SSSR count). The van der Waals surface area contributed by atoms with Gasteiger partial charge in [0.2, 0.25) is 0 Å². The van der Waals surface area contributed by atoms with Gasteiger partial charge < -0.3 is 5.11 Å². The molecule has 0 bridgehead atoms. The molecule has 1 aromatic carbocycles. The molecule has 0 radical (unpaired) electrons. The van der Waals surface area contributed by atoms with E-state index >= 15 is 0 Å². The van der Waals surface area contributed by atoms with Crippen molar-refractivity contribution in [2.75, 3.05) is 0 Å². The maximum atomic E-state index is 13.2. The average molecular weight is 459 g/mol. The molecule has 1 N–H and O–H groups in total. The summed E-state index contributed by atoms with van der Waals surface area (Å²) in [4.78, 5) is 0. The van der Waals surface area contributed by atoms with Crippen LogP contribution >= 0.6 is 59.1 Å². The van der Waals surface area contributed by atoms with Gasteiger partial charge in [0.05, 0.1) is 13.7 Å². The van der Waals surface area contributed by atoms with E-state index in [9.17, 15) is 9.50 Å². The van der Waals surface area contributed by atoms with Crippen molar-refractivity contribution in [1.82, 2.24) is 0 Å². The summed E-state index contributed by atoms with van der Waals surface area (Å²) in [6, 6.07) is 6.51. The first-order valence-corrected chi connectivity index (χ1v) is 8.23. The van der Waals surface area contributed by atoms with Gasteiger partial charge in [0.25, 0.3) is 0 Å². The number of thiophene rings is 1. The number of aliphatic hydroxyl groups is 1. The minimum absolute atomic E-state index is 0.308. The number of aliphatic hydroxyl groups excluding tert-OH is 1. The molecule has 0 aliphatic rings. The first-order valence-electron chi connectivity index (χ1n) is 5.03. The van der Waals surface area contributed by atoms with Gasteiger partial charge in [-0.05, 0) is 61.7 Å². The maximum Gasteiger partial charge on any atom is 0.124 e. The summed E-state index contributed by atoms with van der Waals surface area (Å²) >= 11 is 11.5. The molecule has 0 aliphatic heterocycles. The molecule has 0 aliphatic carbocycles. The zero-order valence-corrected chi connectivity index (χ0v) is 14.5. The molecule has 2 aromatic rings. The summed E-state index contributed by atoms with van der Waals surface area (Å²) in [5.41, 5.74) is 1.57. The quantitative estimate of drug-likeness (QED) is 0.648. The van der Waals surface area contributed by atoms with E-state index in [1.165, 1.54) is 23.5 Å². The second-order valence-electron chi connectivity index (χ2n) is 3.78. The zero-order chi connectivity index (χ0) is 13.3. The van der Waals surface area contributed by atoms with Gasteiger partial charge in [-0.2, -0.15) is 0 Å². The predicted octanol–water partition coefficient (Wildman–Crippen LogP) is 5.45. The highest BCUT2D eigenvalue weighted by Crippen LogP contribution is 2.36. The molecule has 0 saturated carbocycles. The maximum absolute atomic E-state index is 13.2. The Kier molecular flexibility index (Phi) is 4.99. The van der Waals surface area contributed by atoms with Crippen LogP contribution < -0.4 is 0 Å². The van der Waals surface area contributed by atoms with Crippen molar-refractivity contribution in [3.63, 3.8) is 0 Å². The van der Waals surface area contributed by atoms with Crippen LogP contribution in [0.5, 0.6) is 0 Å². The lowest BCUT2D eigenvalue weighted by Crippen LogP contribution is -2.01.